The number of para-hydroxylation sites is 1. The number of benzene rings is 2. The van der Waals surface area contributed by atoms with Crippen LogP contribution in [0.1, 0.15) is 22.5 Å². The molecular weight excluding hydrogens is 292 g/mol. The summed E-state index contributed by atoms with van der Waals surface area (Å²) < 4.78 is 0. The number of nitrogens with one attached hydrogen (secondary N) is 1. The van der Waals surface area contributed by atoms with Crippen molar-refractivity contribution in [2.24, 2.45) is 0 Å². The second-order valence-corrected chi connectivity index (χ2v) is 6.56. The van der Waals surface area contributed by atoms with Crippen molar-refractivity contribution < 1.29 is 0 Å². The summed E-state index contributed by atoms with van der Waals surface area (Å²) in [6, 6.07) is 12.1. The lowest BCUT2D eigenvalue weighted by atomic mass is 10.1. The van der Waals surface area contributed by atoms with Crippen molar-refractivity contribution in [3.05, 3.63) is 69.3 Å². The van der Waals surface area contributed by atoms with Crippen LogP contribution in [0.25, 0.3) is 10.9 Å². The minimum atomic E-state index is -0.0649. The molecule has 3 aromatic rings. The molecule has 0 atom stereocenters. The molecule has 1 N–H and O–H groups in total. The van der Waals surface area contributed by atoms with Gasteiger partial charge in [-0.2, -0.15) is 0 Å². The maximum atomic E-state index is 12.2. The predicted molar refractivity (Wildman–Crippen MR) is 92.6 cm³/mol. The smallest absolute Gasteiger partial charge is 0.258 e. The zero-order valence-corrected chi connectivity index (χ0v) is 13.8. The molecule has 0 radical (unpaired) electrons. The fraction of sp³-hybridized carbons (Fsp3) is 0.222. The molecule has 0 bridgehead atoms. The largest absolute Gasteiger partial charge is 0.309 e. The van der Waals surface area contributed by atoms with Gasteiger partial charge in [0.05, 0.1) is 16.7 Å². The first kappa shape index (κ1) is 14.9. The summed E-state index contributed by atoms with van der Waals surface area (Å²) in [5.74, 6) is 1.38. The Morgan fingerprint density at radius 1 is 1.09 bits per heavy atom. The van der Waals surface area contributed by atoms with E-state index < -0.39 is 0 Å². The third-order valence-corrected chi connectivity index (χ3v) is 4.87. The van der Waals surface area contributed by atoms with Gasteiger partial charge in [0.25, 0.3) is 5.56 Å². The van der Waals surface area contributed by atoms with E-state index in [4.69, 9.17) is 0 Å². The number of aromatic nitrogens is 2. The SMILES string of the molecule is Cc1ccc(SCc2nc3c(C)cccc3c(=O)[nH]2)c(C)c1. The maximum absolute atomic E-state index is 12.2. The third kappa shape index (κ3) is 2.92. The number of nitrogens with zero attached hydrogens (tertiary/aromatic N) is 1. The zero-order valence-electron chi connectivity index (χ0n) is 12.9. The molecule has 0 fully saturated rings. The van der Waals surface area contributed by atoms with Crippen molar-refractivity contribution in [3.8, 4) is 0 Å². The van der Waals surface area contributed by atoms with Gasteiger partial charge in [-0.15, -0.1) is 11.8 Å². The fourth-order valence-corrected chi connectivity index (χ4v) is 3.41. The van der Waals surface area contributed by atoms with E-state index in [2.05, 4.69) is 42.0 Å². The Morgan fingerprint density at radius 3 is 2.68 bits per heavy atom. The van der Waals surface area contributed by atoms with Crippen molar-refractivity contribution in [3.63, 3.8) is 0 Å². The van der Waals surface area contributed by atoms with E-state index in [1.807, 2.05) is 25.1 Å². The lowest BCUT2D eigenvalue weighted by Gasteiger charge is -2.07. The number of fused-ring (bicyclic) bond motifs is 1. The topological polar surface area (TPSA) is 45.8 Å². The molecule has 0 unspecified atom stereocenters. The van der Waals surface area contributed by atoms with Gasteiger partial charge in [0.1, 0.15) is 5.82 Å². The number of aromatic amines is 1. The Bertz CT molecular complexity index is 899. The van der Waals surface area contributed by atoms with Crippen LogP contribution in [0.2, 0.25) is 0 Å². The first-order valence-electron chi connectivity index (χ1n) is 7.23. The van der Waals surface area contributed by atoms with Gasteiger partial charge < -0.3 is 4.98 Å². The molecule has 0 amide bonds. The molecule has 112 valence electrons. The third-order valence-electron chi connectivity index (χ3n) is 3.68. The summed E-state index contributed by atoms with van der Waals surface area (Å²) in [7, 11) is 0. The van der Waals surface area contributed by atoms with Crippen molar-refractivity contribution in [2.75, 3.05) is 0 Å². The van der Waals surface area contributed by atoms with Crippen LogP contribution in [-0.4, -0.2) is 9.97 Å². The van der Waals surface area contributed by atoms with Crippen molar-refractivity contribution >= 4 is 22.7 Å². The molecule has 2 aromatic carbocycles. The molecular formula is C18H18N2OS. The van der Waals surface area contributed by atoms with Crippen LogP contribution < -0.4 is 5.56 Å². The number of rotatable bonds is 3. The van der Waals surface area contributed by atoms with Crippen LogP contribution in [0, 0.1) is 20.8 Å². The van der Waals surface area contributed by atoms with E-state index >= 15 is 0 Å². The van der Waals surface area contributed by atoms with Crippen LogP contribution in [0.3, 0.4) is 0 Å². The standard InChI is InChI=1S/C18H18N2OS/c1-11-7-8-15(13(3)9-11)22-10-16-19-17-12(2)5-4-6-14(17)18(21)20-16/h4-9H,10H2,1-3H3,(H,19,20,21). The highest BCUT2D eigenvalue weighted by Gasteiger charge is 2.07. The molecule has 0 saturated heterocycles. The number of hydrogen-bond donors (Lipinski definition) is 1. The van der Waals surface area contributed by atoms with Gasteiger partial charge in [-0.05, 0) is 44.0 Å². The minimum Gasteiger partial charge on any atom is -0.309 e. The summed E-state index contributed by atoms with van der Waals surface area (Å²) in [5.41, 5.74) is 4.27. The lowest BCUT2D eigenvalue weighted by Crippen LogP contribution is -2.11. The van der Waals surface area contributed by atoms with Crippen LogP contribution >= 0.6 is 11.8 Å². The van der Waals surface area contributed by atoms with Gasteiger partial charge in [0, 0.05) is 4.90 Å². The molecule has 3 nitrogen and oxygen atoms in total. The van der Waals surface area contributed by atoms with Gasteiger partial charge in [0.2, 0.25) is 0 Å². The normalized spacial score (nSPS) is 11.0. The van der Waals surface area contributed by atoms with Gasteiger partial charge >= 0.3 is 0 Å². The summed E-state index contributed by atoms with van der Waals surface area (Å²) in [6.45, 7) is 6.18. The first-order valence-corrected chi connectivity index (χ1v) is 8.22. The molecule has 0 saturated carbocycles. The van der Waals surface area contributed by atoms with Gasteiger partial charge in [-0.3, -0.25) is 4.79 Å². The van der Waals surface area contributed by atoms with Crippen LogP contribution in [-0.2, 0) is 5.75 Å². The fourth-order valence-electron chi connectivity index (χ4n) is 2.53. The second kappa shape index (κ2) is 5.97. The Hall–Kier alpha value is -2.07. The minimum absolute atomic E-state index is 0.0649. The monoisotopic (exact) mass is 310 g/mol. The molecule has 0 aliphatic carbocycles. The van der Waals surface area contributed by atoms with E-state index in [-0.39, 0.29) is 5.56 Å². The average molecular weight is 310 g/mol. The first-order chi connectivity index (χ1) is 10.5. The molecule has 0 aliphatic heterocycles. The van der Waals surface area contributed by atoms with Crippen LogP contribution in [0.4, 0.5) is 0 Å². The Balaban J connectivity index is 1.91. The summed E-state index contributed by atoms with van der Waals surface area (Å²) >= 11 is 1.70. The van der Waals surface area contributed by atoms with Gasteiger partial charge in [0.15, 0.2) is 0 Å². The van der Waals surface area contributed by atoms with Crippen LogP contribution in [0.15, 0.2) is 46.1 Å². The molecule has 3 rings (SSSR count). The molecule has 1 aromatic heterocycles. The molecule has 0 aliphatic rings. The summed E-state index contributed by atoms with van der Waals surface area (Å²) in [5, 5.41) is 0.653. The van der Waals surface area contributed by atoms with Crippen LogP contribution in [0.5, 0.6) is 0 Å². The number of thioether (sulfide) groups is 1. The molecule has 0 spiro atoms. The van der Waals surface area contributed by atoms with E-state index in [1.54, 1.807) is 11.8 Å². The highest BCUT2D eigenvalue weighted by atomic mass is 32.2. The van der Waals surface area contributed by atoms with E-state index in [9.17, 15) is 4.79 Å². The van der Waals surface area contributed by atoms with Crippen molar-refractivity contribution in [1.82, 2.24) is 9.97 Å². The lowest BCUT2D eigenvalue weighted by molar-refractivity contribution is 1.03. The van der Waals surface area contributed by atoms with E-state index in [0.717, 1.165) is 16.9 Å². The Kier molecular flexibility index (Phi) is 4.03. The molecule has 22 heavy (non-hydrogen) atoms. The maximum Gasteiger partial charge on any atom is 0.258 e. The Labute approximate surface area is 133 Å². The highest BCUT2D eigenvalue weighted by Crippen LogP contribution is 2.26. The van der Waals surface area contributed by atoms with E-state index in [0.29, 0.717) is 11.1 Å². The zero-order chi connectivity index (χ0) is 15.7. The average Bonchev–Trinajstić information content (AvgIpc) is 2.47. The number of hydrogen-bond acceptors (Lipinski definition) is 3. The molecule has 4 heteroatoms. The number of aryl methyl sites for hydroxylation is 3. The number of H-pyrrole nitrogens is 1. The summed E-state index contributed by atoms with van der Waals surface area (Å²) in [4.78, 5) is 20.9. The predicted octanol–water partition coefficient (Wildman–Crippen LogP) is 4.14. The van der Waals surface area contributed by atoms with Gasteiger partial charge in [-0.25, -0.2) is 4.98 Å². The molecule has 1 heterocycles. The highest BCUT2D eigenvalue weighted by molar-refractivity contribution is 7.98. The van der Waals surface area contributed by atoms with Crippen molar-refractivity contribution in [1.29, 1.82) is 0 Å². The quantitative estimate of drug-likeness (QED) is 0.740. The Morgan fingerprint density at radius 2 is 1.91 bits per heavy atom. The van der Waals surface area contributed by atoms with E-state index in [1.165, 1.54) is 16.0 Å². The van der Waals surface area contributed by atoms with Gasteiger partial charge in [-0.1, -0.05) is 29.8 Å². The second-order valence-electron chi connectivity index (χ2n) is 5.54. The van der Waals surface area contributed by atoms with Crippen molar-refractivity contribution in [2.45, 2.75) is 31.4 Å². The summed E-state index contributed by atoms with van der Waals surface area (Å²) in [6.07, 6.45) is 0.